The van der Waals surface area contributed by atoms with Crippen molar-refractivity contribution < 1.29 is 14.3 Å². The number of rotatable bonds is 6. The van der Waals surface area contributed by atoms with Gasteiger partial charge in [-0.25, -0.2) is 0 Å². The lowest BCUT2D eigenvalue weighted by Crippen LogP contribution is -2.31. The summed E-state index contributed by atoms with van der Waals surface area (Å²) < 4.78 is 13.2. The Morgan fingerprint density at radius 3 is 3.08 bits per heavy atom. The quantitative estimate of drug-likeness (QED) is 0.884. The highest BCUT2D eigenvalue weighted by Crippen LogP contribution is 2.35. The molecule has 2 unspecified atom stereocenters. The van der Waals surface area contributed by atoms with E-state index in [1.165, 1.54) is 0 Å². The van der Waals surface area contributed by atoms with Crippen molar-refractivity contribution in [2.45, 2.75) is 45.9 Å². The molecule has 2 atom stereocenters. The summed E-state index contributed by atoms with van der Waals surface area (Å²) in [6, 6.07) is 5.45. The van der Waals surface area contributed by atoms with Crippen LogP contribution in [0.1, 0.15) is 37.9 Å². The minimum absolute atomic E-state index is 0.0871. The number of carbonyl (C=O) groups is 1. The molecule has 0 radical (unpaired) electrons. The normalized spacial score (nSPS) is 17.0. The smallest absolute Gasteiger partial charge is 0.244 e. The molecule has 128 valence electrons. The average Bonchev–Trinajstić information content (AvgIpc) is 3.20. The van der Waals surface area contributed by atoms with Crippen LogP contribution in [0.25, 0.3) is 0 Å². The molecule has 0 bridgehead atoms. The lowest BCUT2D eigenvalue weighted by Gasteiger charge is -2.15. The number of hydrogen-bond donors (Lipinski definition) is 1. The van der Waals surface area contributed by atoms with Crippen molar-refractivity contribution in [2.75, 3.05) is 6.61 Å². The number of nitrogens with zero attached hydrogens (tertiary/aromatic N) is 2. The van der Waals surface area contributed by atoms with E-state index in [1.807, 2.05) is 32.9 Å². The van der Waals surface area contributed by atoms with Crippen LogP contribution in [0.3, 0.4) is 0 Å². The zero-order valence-electron chi connectivity index (χ0n) is 14.3. The van der Waals surface area contributed by atoms with E-state index in [-0.39, 0.29) is 18.1 Å². The van der Waals surface area contributed by atoms with Crippen LogP contribution >= 0.6 is 0 Å². The molecule has 6 heteroatoms. The van der Waals surface area contributed by atoms with E-state index in [2.05, 4.69) is 10.4 Å². The summed E-state index contributed by atoms with van der Waals surface area (Å²) in [4.78, 5) is 12.3. The molecule has 0 spiro atoms. The molecule has 1 aromatic carbocycles. The van der Waals surface area contributed by atoms with E-state index in [4.69, 9.17) is 9.47 Å². The zero-order valence-corrected chi connectivity index (χ0v) is 14.3. The maximum absolute atomic E-state index is 12.3. The van der Waals surface area contributed by atoms with Crippen LogP contribution in [0.2, 0.25) is 0 Å². The molecule has 0 aliphatic carbocycles. The molecule has 0 saturated carbocycles. The van der Waals surface area contributed by atoms with Gasteiger partial charge in [0.15, 0.2) is 0 Å². The predicted molar refractivity (Wildman–Crippen MR) is 90.2 cm³/mol. The molecule has 0 saturated heterocycles. The minimum Gasteiger partial charge on any atom is -0.494 e. The van der Waals surface area contributed by atoms with E-state index in [0.717, 1.165) is 29.0 Å². The largest absolute Gasteiger partial charge is 0.494 e. The monoisotopic (exact) mass is 329 g/mol. The third-order valence-electron chi connectivity index (χ3n) is 4.13. The summed E-state index contributed by atoms with van der Waals surface area (Å²) in [5.41, 5.74) is 2.08. The highest BCUT2D eigenvalue weighted by atomic mass is 16.5. The molecular formula is C18H23N3O3. The molecule has 1 amide bonds. The second kappa shape index (κ2) is 6.95. The second-order valence-corrected chi connectivity index (χ2v) is 6.01. The number of carbonyl (C=O) groups excluding carboxylic acids is 1. The first-order chi connectivity index (χ1) is 11.6. The van der Waals surface area contributed by atoms with E-state index in [0.29, 0.717) is 13.2 Å². The molecule has 1 aliphatic heterocycles. The highest BCUT2D eigenvalue weighted by molar-refractivity contribution is 5.79. The van der Waals surface area contributed by atoms with E-state index in [1.54, 1.807) is 23.1 Å². The Morgan fingerprint density at radius 1 is 1.54 bits per heavy atom. The van der Waals surface area contributed by atoms with Crippen molar-refractivity contribution in [2.24, 2.45) is 0 Å². The van der Waals surface area contributed by atoms with Crippen LogP contribution in [0.5, 0.6) is 11.5 Å². The molecule has 1 aliphatic rings. The van der Waals surface area contributed by atoms with Crippen molar-refractivity contribution >= 4 is 5.91 Å². The summed E-state index contributed by atoms with van der Waals surface area (Å²) in [6.07, 6.45) is 4.51. The maximum Gasteiger partial charge on any atom is 0.244 e. The van der Waals surface area contributed by atoms with Gasteiger partial charge in [0, 0.05) is 36.5 Å². The van der Waals surface area contributed by atoms with E-state index >= 15 is 0 Å². The average molecular weight is 329 g/mol. The number of nitrogens with one attached hydrogen (secondary N) is 1. The van der Waals surface area contributed by atoms with Gasteiger partial charge in [-0.3, -0.25) is 9.48 Å². The maximum atomic E-state index is 12.3. The molecule has 0 fully saturated rings. The summed E-state index contributed by atoms with van der Waals surface area (Å²) in [5.74, 6) is 1.60. The Balaban J connectivity index is 1.72. The molecule has 1 aromatic heterocycles. The zero-order chi connectivity index (χ0) is 17.1. The van der Waals surface area contributed by atoms with Crippen LogP contribution in [-0.4, -0.2) is 28.4 Å². The third-order valence-corrected chi connectivity index (χ3v) is 4.13. The van der Waals surface area contributed by atoms with Crippen molar-refractivity contribution in [1.29, 1.82) is 0 Å². The van der Waals surface area contributed by atoms with E-state index < -0.39 is 0 Å². The Labute approximate surface area is 141 Å². The molecule has 2 heterocycles. The van der Waals surface area contributed by atoms with E-state index in [9.17, 15) is 4.79 Å². The molecule has 2 aromatic rings. The van der Waals surface area contributed by atoms with Crippen molar-refractivity contribution in [3.63, 3.8) is 0 Å². The Bertz CT molecular complexity index is 713. The summed E-state index contributed by atoms with van der Waals surface area (Å²) in [5, 5.41) is 7.06. The Kier molecular flexibility index (Phi) is 4.74. The van der Waals surface area contributed by atoms with Gasteiger partial charge in [0.05, 0.1) is 6.61 Å². The van der Waals surface area contributed by atoms with Gasteiger partial charge in [-0.15, -0.1) is 0 Å². The van der Waals surface area contributed by atoms with Crippen LogP contribution in [0.15, 0.2) is 30.6 Å². The highest BCUT2D eigenvalue weighted by Gasteiger charge is 2.22. The minimum atomic E-state index is -0.360. The lowest BCUT2D eigenvalue weighted by molar-refractivity contribution is -0.124. The number of amides is 1. The van der Waals surface area contributed by atoms with Crippen LogP contribution in [0, 0.1) is 0 Å². The van der Waals surface area contributed by atoms with Crippen molar-refractivity contribution in [1.82, 2.24) is 15.1 Å². The third kappa shape index (κ3) is 3.37. The van der Waals surface area contributed by atoms with Crippen LogP contribution in [0.4, 0.5) is 0 Å². The summed E-state index contributed by atoms with van der Waals surface area (Å²) >= 11 is 0. The van der Waals surface area contributed by atoms with Gasteiger partial charge >= 0.3 is 0 Å². The number of hydrogen-bond acceptors (Lipinski definition) is 4. The fourth-order valence-electron chi connectivity index (χ4n) is 2.87. The first-order valence-corrected chi connectivity index (χ1v) is 8.30. The Morgan fingerprint density at radius 2 is 2.38 bits per heavy atom. The van der Waals surface area contributed by atoms with Crippen LogP contribution in [-0.2, 0) is 17.8 Å². The Hall–Kier alpha value is -2.50. The molecule has 1 N–H and O–H groups in total. The van der Waals surface area contributed by atoms with Gasteiger partial charge in [-0.2, -0.15) is 5.10 Å². The fraction of sp³-hybridized carbons (Fsp3) is 0.444. The van der Waals surface area contributed by atoms with Crippen molar-refractivity contribution in [3.8, 4) is 11.5 Å². The topological polar surface area (TPSA) is 65.4 Å². The van der Waals surface area contributed by atoms with Crippen LogP contribution < -0.4 is 14.8 Å². The lowest BCUT2D eigenvalue weighted by atomic mass is 10.1. The number of benzene rings is 1. The molecular weight excluding hydrogens is 306 g/mol. The summed E-state index contributed by atoms with van der Waals surface area (Å²) in [7, 11) is 0. The summed E-state index contributed by atoms with van der Waals surface area (Å²) in [6.45, 7) is 6.80. The molecule has 24 heavy (non-hydrogen) atoms. The molecule has 3 rings (SSSR count). The van der Waals surface area contributed by atoms with Gasteiger partial charge in [0.1, 0.15) is 23.6 Å². The number of aromatic nitrogens is 2. The standard InChI is InChI=1S/C18H23N3O3/c1-4-23-16-9-14-8-12(2)24-17(14)10-15(16)11-19-18(22)13(3)21-7-5-6-20-21/h5-7,9-10,12-13H,4,8,11H2,1-3H3,(H,19,22). The molecule has 6 nitrogen and oxygen atoms in total. The van der Waals surface area contributed by atoms with Gasteiger partial charge in [0.2, 0.25) is 5.91 Å². The first kappa shape index (κ1) is 16.4. The number of ether oxygens (including phenoxy) is 2. The van der Waals surface area contributed by atoms with Gasteiger partial charge < -0.3 is 14.8 Å². The van der Waals surface area contributed by atoms with Crippen molar-refractivity contribution in [3.05, 3.63) is 41.7 Å². The second-order valence-electron chi connectivity index (χ2n) is 6.01. The number of fused-ring (bicyclic) bond motifs is 1. The van der Waals surface area contributed by atoms with Gasteiger partial charge in [-0.1, -0.05) is 0 Å². The van der Waals surface area contributed by atoms with Gasteiger partial charge in [-0.05, 0) is 39.0 Å². The van der Waals surface area contributed by atoms with Gasteiger partial charge in [0.25, 0.3) is 0 Å². The predicted octanol–water partition coefficient (Wildman–Crippen LogP) is 2.48. The first-order valence-electron chi connectivity index (χ1n) is 8.30. The fourth-order valence-corrected chi connectivity index (χ4v) is 2.87. The SMILES string of the molecule is CCOc1cc2c(cc1CNC(=O)C(C)n1cccn1)OC(C)C2.